The largest absolute Gasteiger partial charge is 0.306 e. The maximum absolute atomic E-state index is 10.4. The van der Waals surface area contributed by atoms with Crippen LogP contribution in [0.15, 0.2) is 16.7 Å². The number of aromatic nitrogens is 1. The summed E-state index contributed by atoms with van der Waals surface area (Å²) in [5, 5.41) is 0. The molecule has 0 bridgehead atoms. The Hall–Kier alpha value is -0.260. The van der Waals surface area contributed by atoms with Crippen molar-refractivity contribution in [3.8, 4) is 0 Å². The van der Waals surface area contributed by atoms with Gasteiger partial charge in [-0.3, -0.25) is 4.98 Å². The Morgan fingerprint density at radius 1 is 1.75 bits per heavy atom. The molecule has 1 atom stereocenters. The van der Waals surface area contributed by atoms with Crippen molar-refractivity contribution in [3.05, 3.63) is 28.0 Å². The Labute approximate surface area is 81.6 Å². The Morgan fingerprint density at radius 3 is 2.92 bits per heavy atom. The van der Waals surface area contributed by atoms with E-state index in [9.17, 15) is 4.21 Å². The molecule has 0 aromatic carbocycles. The Kier molecular flexibility index (Phi) is 3.37. The molecule has 5 heteroatoms. The van der Waals surface area contributed by atoms with E-state index in [0.717, 1.165) is 10.0 Å². The van der Waals surface area contributed by atoms with E-state index in [1.165, 1.54) is 0 Å². The third-order valence-electron chi connectivity index (χ3n) is 1.37. The molecule has 0 aliphatic heterocycles. The van der Waals surface area contributed by atoms with E-state index in [1.807, 2.05) is 6.92 Å². The van der Waals surface area contributed by atoms with E-state index in [0.29, 0.717) is 5.69 Å². The Morgan fingerprint density at radius 2 is 2.42 bits per heavy atom. The van der Waals surface area contributed by atoms with Gasteiger partial charge in [-0.1, -0.05) is 0 Å². The molecule has 12 heavy (non-hydrogen) atoms. The molecule has 1 aromatic heterocycles. The van der Waals surface area contributed by atoms with Crippen LogP contribution in [0.2, 0.25) is 0 Å². The molecule has 1 unspecified atom stereocenters. The van der Waals surface area contributed by atoms with Crippen LogP contribution in [0.25, 0.3) is 0 Å². The van der Waals surface area contributed by atoms with Crippen molar-refractivity contribution in [2.24, 2.45) is 0 Å². The average molecular weight is 250 g/mol. The number of pyridine rings is 1. The van der Waals surface area contributed by atoms with Gasteiger partial charge in [0.2, 0.25) is 0 Å². The van der Waals surface area contributed by atoms with E-state index in [4.69, 9.17) is 4.55 Å². The van der Waals surface area contributed by atoms with Gasteiger partial charge in [-0.05, 0) is 34.5 Å². The number of rotatable bonds is 2. The minimum atomic E-state index is -1.81. The lowest BCUT2D eigenvalue weighted by Crippen LogP contribution is -1.96. The minimum absolute atomic E-state index is 0.0914. The molecule has 0 radical (unpaired) electrons. The number of hydrogen-bond acceptors (Lipinski definition) is 2. The van der Waals surface area contributed by atoms with Crippen LogP contribution in [0.5, 0.6) is 0 Å². The van der Waals surface area contributed by atoms with Gasteiger partial charge in [0, 0.05) is 10.7 Å². The van der Waals surface area contributed by atoms with Crippen molar-refractivity contribution in [2.75, 3.05) is 0 Å². The van der Waals surface area contributed by atoms with E-state index in [1.54, 1.807) is 12.3 Å². The van der Waals surface area contributed by atoms with Crippen molar-refractivity contribution in [1.29, 1.82) is 0 Å². The van der Waals surface area contributed by atoms with Crippen LogP contribution >= 0.6 is 15.9 Å². The summed E-state index contributed by atoms with van der Waals surface area (Å²) in [4.78, 5) is 3.98. The zero-order valence-electron chi connectivity index (χ0n) is 6.45. The van der Waals surface area contributed by atoms with Gasteiger partial charge in [0.15, 0.2) is 11.1 Å². The van der Waals surface area contributed by atoms with Crippen LogP contribution in [0.4, 0.5) is 0 Å². The number of aryl methyl sites for hydroxylation is 1. The van der Waals surface area contributed by atoms with Crippen molar-refractivity contribution in [3.63, 3.8) is 0 Å². The molecule has 1 heterocycles. The predicted molar refractivity (Wildman–Crippen MR) is 51.1 cm³/mol. The summed E-state index contributed by atoms with van der Waals surface area (Å²) < 4.78 is 19.9. The average Bonchev–Trinajstić information content (AvgIpc) is 1.96. The van der Waals surface area contributed by atoms with Crippen molar-refractivity contribution in [2.45, 2.75) is 12.7 Å². The third-order valence-corrected chi connectivity index (χ3v) is 2.75. The highest BCUT2D eigenvalue weighted by atomic mass is 79.9. The van der Waals surface area contributed by atoms with Crippen molar-refractivity contribution in [1.82, 2.24) is 4.98 Å². The van der Waals surface area contributed by atoms with Crippen LogP contribution in [-0.4, -0.2) is 13.7 Å². The van der Waals surface area contributed by atoms with Crippen LogP contribution < -0.4 is 0 Å². The lowest BCUT2D eigenvalue weighted by Gasteiger charge is -2.00. The van der Waals surface area contributed by atoms with Gasteiger partial charge in [-0.15, -0.1) is 0 Å². The maximum Gasteiger partial charge on any atom is 0.158 e. The second-order valence-corrected chi connectivity index (χ2v) is 4.18. The quantitative estimate of drug-likeness (QED) is 0.815. The van der Waals surface area contributed by atoms with E-state index in [-0.39, 0.29) is 5.75 Å². The molecule has 0 fully saturated rings. The van der Waals surface area contributed by atoms with Gasteiger partial charge in [0.1, 0.15) is 0 Å². The summed E-state index contributed by atoms with van der Waals surface area (Å²) in [7, 11) is 0. The fourth-order valence-corrected chi connectivity index (χ4v) is 1.43. The first-order valence-corrected chi connectivity index (χ1v) is 5.35. The molecule has 0 amide bonds. The van der Waals surface area contributed by atoms with Crippen molar-refractivity contribution >= 4 is 27.0 Å². The SMILES string of the molecule is Cc1cc(CS(=O)O)ncc1Br. The highest BCUT2D eigenvalue weighted by Crippen LogP contribution is 2.15. The Balaban J connectivity index is 2.89. The first-order valence-electron chi connectivity index (χ1n) is 3.28. The van der Waals surface area contributed by atoms with Gasteiger partial charge < -0.3 is 4.55 Å². The standard InChI is InChI=1S/C7H8BrNO2S/c1-5-2-6(4-12(10)11)9-3-7(5)8/h2-3H,4H2,1H3,(H,10,11). The van der Waals surface area contributed by atoms with Crippen molar-refractivity contribution < 1.29 is 8.76 Å². The molecule has 0 aliphatic rings. The number of halogens is 1. The lowest BCUT2D eigenvalue weighted by atomic mass is 10.2. The van der Waals surface area contributed by atoms with E-state index >= 15 is 0 Å². The summed E-state index contributed by atoms with van der Waals surface area (Å²) in [6.07, 6.45) is 1.64. The lowest BCUT2D eigenvalue weighted by molar-refractivity contribution is 0.563. The van der Waals surface area contributed by atoms with E-state index in [2.05, 4.69) is 20.9 Å². The molecule has 0 saturated carbocycles. The summed E-state index contributed by atoms with van der Waals surface area (Å²) in [5.74, 6) is 0.0914. The molecule has 0 saturated heterocycles. The molecular formula is C7H8BrNO2S. The Bertz CT molecular complexity index is 316. The van der Waals surface area contributed by atoms with Crippen LogP contribution in [0, 0.1) is 6.92 Å². The normalized spacial score (nSPS) is 12.9. The molecule has 66 valence electrons. The van der Waals surface area contributed by atoms with Crippen LogP contribution in [0.1, 0.15) is 11.3 Å². The molecule has 1 N–H and O–H groups in total. The van der Waals surface area contributed by atoms with Crippen LogP contribution in [-0.2, 0) is 16.8 Å². The van der Waals surface area contributed by atoms with E-state index < -0.39 is 11.1 Å². The topological polar surface area (TPSA) is 50.2 Å². The van der Waals surface area contributed by atoms with Gasteiger partial charge >= 0.3 is 0 Å². The predicted octanol–water partition coefficient (Wildman–Crippen LogP) is 1.87. The summed E-state index contributed by atoms with van der Waals surface area (Å²) >= 11 is 1.49. The second kappa shape index (κ2) is 4.11. The summed E-state index contributed by atoms with van der Waals surface area (Å²) in [6.45, 7) is 1.91. The maximum atomic E-state index is 10.4. The highest BCUT2D eigenvalue weighted by Gasteiger charge is 2.01. The fraction of sp³-hybridized carbons (Fsp3) is 0.286. The summed E-state index contributed by atoms with van der Waals surface area (Å²) in [5.41, 5.74) is 1.65. The minimum Gasteiger partial charge on any atom is -0.306 e. The fourth-order valence-electron chi connectivity index (χ4n) is 0.803. The molecule has 0 spiro atoms. The molecule has 1 rings (SSSR count). The molecule has 0 aliphatic carbocycles. The van der Waals surface area contributed by atoms with Gasteiger partial charge in [-0.2, -0.15) is 0 Å². The molecule has 1 aromatic rings. The van der Waals surface area contributed by atoms with Gasteiger partial charge in [0.25, 0.3) is 0 Å². The van der Waals surface area contributed by atoms with Crippen LogP contribution in [0.3, 0.4) is 0 Å². The zero-order valence-corrected chi connectivity index (χ0v) is 8.85. The monoisotopic (exact) mass is 249 g/mol. The second-order valence-electron chi connectivity index (χ2n) is 2.39. The number of nitrogens with zero attached hydrogens (tertiary/aromatic N) is 1. The third kappa shape index (κ3) is 2.66. The zero-order chi connectivity index (χ0) is 9.14. The first-order chi connectivity index (χ1) is 5.59. The smallest absolute Gasteiger partial charge is 0.158 e. The highest BCUT2D eigenvalue weighted by molar-refractivity contribution is 9.10. The first kappa shape index (κ1) is 9.83. The number of hydrogen-bond donors (Lipinski definition) is 1. The molecule has 3 nitrogen and oxygen atoms in total. The molecular weight excluding hydrogens is 242 g/mol. The summed E-state index contributed by atoms with van der Waals surface area (Å²) in [6, 6.07) is 1.79. The van der Waals surface area contributed by atoms with Gasteiger partial charge in [-0.25, -0.2) is 4.21 Å². The van der Waals surface area contributed by atoms with Gasteiger partial charge in [0.05, 0.1) is 11.4 Å².